The number of carboxylic acids is 1. The normalized spacial score (nSPS) is 16.6. The molecule has 0 aliphatic carbocycles. The molecular weight excluding hydrogens is 533 g/mol. The number of hydrogen-bond acceptors (Lipinski definition) is 6. The lowest BCUT2D eigenvalue weighted by atomic mass is 9.78. The number of amides is 2. The molecule has 3 aromatic rings. The zero-order valence-corrected chi connectivity index (χ0v) is 21.8. The van der Waals surface area contributed by atoms with Crippen LogP contribution in [0.4, 0.5) is 23.7 Å². The van der Waals surface area contributed by atoms with Crippen molar-refractivity contribution in [2.75, 3.05) is 25.0 Å². The van der Waals surface area contributed by atoms with E-state index in [2.05, 4.69) is 4.98 Å². The Bertz CT molecular complexity index is 1550. The first-order chi connectivity index (χ1) is 18.7. The lowest BCUT2D eigenvalue weighted by molar-refractivity contribution is -0.156. The molecule has 0 bridgehead atoms. The van der Waals surface area contributed by atoms with Crippen LogP contribution in [0.2, 0.25) is 0 Å². The lowest BCUT2D eigenvalue weighted by Crippen LogP contribution is -2.57. The number of anilines is 1. The molecule has 4 N–H and O–H groups in total. The van der Waals surface area contributed by atoms with Crippen LogP contribution in [-0.4, -0.2) is 65.2 Å². The van der Waals surface area contributed by atoms with E-state index in [1.54, 1.807) is 13.8 Å². The van der Waals surface area contributed by atoms with Gasteiger partial charge >= 0.3 is 18.2 Å². The summed E-state index contributed by atoms with van der Waals surface area (Å²) in [5.41, 5.74) is 2.66. The van der Waals surface area contributed by atoms with Crippen molar-refractivity contribution in [2.24, 2.45) is 11.1 Å². The summed E-state index contributed by atoms with van der Waals surface area (Å²) in [6, 6.07) is 9.36. The Hall–Kier alpha value is -4.39. The molecule has 0 saturated carbocycles. The highest BCUT2D eigenvalue weighted by Gasteiger charge is 2.51. The number of alkyl halides is 3. The number of rotatable bonds is 7. The number of ether oxygens (including phenoxy) is 1. The van der Waals surface area contributed by atoms with Crippen LogP contribution in [0.25, 0.3) is 22.0 Å². The minimum atomic E-state index is -4.63. The average molecular weight is 561 g/mol. The van der Waals surface area contributed by atoms with Gasteiger partial charge in [0.1, 0.15) is 12.1 Å². The number of carbonyl (C=O) groups is 3. The summed E-state index contributed by atoms with van der Waals surface area (Å²) in [4.78, 5) is 54.8. The fourth-order valence-corrected chi connectivity index (χ4v) is 5.03. The summed E-state index contributed by atoms with van der Waals surface area (Å²) in [5, 5.41) is 10.3. The van der Waals surface area contributed by atoms with Crippen LogP contribution in [-0.2, 0) is 20.5 Å². The summed E-state index contributed by atoms with van der Waals surface area (Å²) in [6.07, 6.45) is -6.37. The number of carbonyl (C=O) groups excluding carboxylic acids is 2. The number of nitrogens with one attached hydrogen (secondary N) is 1. The van der Waals surface area contributed by atoms with Crippen molar-refractivity contribution in [3.05, 3.63) is 64.4 Å². The van der Waals surface area contributed by atoms with E-state index in [4.69, 9.17) is 10.5 Å². The van der Waals surface area contributed by atoms with E-state index in [9.17, 15) is 37.5 Å². The molecule has 1 aliphatic rings. The van der Waals surface area contributed by atoms with E-state index < -0.39 is 59.4 Å². The van der Waals surface area contributed by atoms with E-state index >= 15 is 0 Å². The Labute approximate surface area is 226 Å². The highest BCUT2D eigenvalue weighted by Crippen LogP contribution is 2.38. The number of fused-ring (bicyclic) bond motifs is 1. The fraction of sp³-hybridized carbons (Fsp3) is 0.333. The number of H-pyrrole nitrogens is 1. The van der Waals surface area contributed by atoms with Gasteiger partial charge in [0.05, 0.1) is 18.7 Å². The third-order valence-corrected chi connectivity index (χ3v) is 7.20. The molecule has 1 saturated heterocycles. The maximum Gasteiger partial charge on any atom is 0.417 e. The predicted molar refractivity (Wildman–Crippen MR) is 140 cm³/mol. The fourth-order valence-electron chi connectivity index (χ4n) is 5.03. The van der Waals surface area contributed by atoms with Crippen molar-refractivity contribution in [1.29, 1.82) is 0 Å². The molecule has 1 aliphatic heterocycles. The molecule has 10 nitrogen and oxygen atoms in total. The van der Waals surface area contributed by atoms with Crippen molar-refractivity contribution in [3.8, 4) is 11.3 Å². The van der Waals surface area contributed by atoms with Gasteiger partial charge in [-0.25, -0.2) is 9.59 Å². The monoisotopic (exact) mass is 560 g/mol. The highest BCUT2D eigenvalue weighted by molar-refractivity contribution is 5.95. The first-order valence-electron chi connectivity index (χ1n) is 12.2. The summed E-state index contributed by atoms with van der Waals surface area (Å²) in [5.74, 6) is -1.91. The van der Waals surface area contributed by atoms with Crippen molar-refractivity contribution in [3.63, 3.8) is 0 Å². The summed E-state index contributed by atoms with van der Waals surface area (Å²) >= 11 is 0. The molecule has 13 heteroatoms. The van der Waals surface area contributed by atoms with Gasteiger partial charge in [-0.05, 0) is 29.7 Å². The van der Waals surface area contributed by atoms with Crippen molar-refractivity contribution in [2.45, 2.75) is 32.2 Å². The number of aromatic nitrogens is 1. The third-order valence-electron chi connectivity index (χ3n) is 7.20. The van der Waals surface area contributed by atoms with Gasteiger partial charge in [0, 0.05) is 34.8 Å². The Morgan fingerprint density at radius 3 is 2.48 bits per heavy atom. The van der Waals surface area contributed by atoms with Crippen LogP contribution >= 0.6 is 0 Å². The van der Waals surface area contributed by atoms with Crippen LogP contribution in [0, 0.1) is 5.41 Å². The second-order valence-corrected chi connectivity index (χ2v) is 10.1. The number of benzene rings is 2. The summed E-state index contributed by atoms with van der Waals surface area (Å²) in [6.45, 7) is 2.63. The molecular formula is C27H27F3N4O6. The second kappa shape index (κ2) is 10.3. The minimum Gasteiger partial charge on any atom is -0.480 e. The number of pyridine rings is 1. The summed E-state index contributed by atoms with van der Waals surface area (Å²) in [7, 11) is 1.31. The van der Waals surface area contributed by atoms with Gasteiger partial charge < -0.3 is 25.5 Å². The molecule has 0 spiro atoms. The van der Waals surface area contributed by atoms with E-state index in [0.29, 0.717) is 5.39 Å². The first kappa shape index (κ1) is 28.6. The van der Waals surface area contributed by atoms with Gasteiger partial charge in [-0.3, -0.25) is 14.5 Å². The minimum absolute atomic E-state index is 0.0172. The Morgan fingerprint density at radius 2 is 1.85 bits per heavy atom. The molecule has 1 unspecified atom stereocenters. The number of carboxylic acid groups (broad SMARTS) is 1. The van der Waals surface area contributed by atoms with E-state index in [1.165, 1.54) is 54.4 Å². The molecule has 1 fully saturated rings. The zero-order valence-electron chi connectivity index (χ0n) is 21.8. The summed E-state index contributed by atoms with van der Waals surface area (Å²) < 4.78 is 46.1. The van der Waals surface area contributed by atoms with Crippen LogP contribution in [0.15, 0.2) is 53.3 Å². The topological polar surface area (TPSA) is 146 Å². The van der Waals surface area contributed by atoms with Gasteiger partial charge in [-0.2, -0.15) is 13.2 Å². The predicted octanol–water partition coefficient (Wildman–Crippen LogP) is 3.44. The van der Waals surface area contributed by atoms with E-state index in [1.807, 2.05) is 0 Å². The standard InChI is InChI=1S/C27H27F3N4O6/c1-26(2,22(24(37)38)33(3)21(35)12-31)20-13-34(25(39)40-20)15-9-8-14-10-19(32-23(36)17(14)11-15)16-6-4-5-7-18(16)27(28,29)30/h4-11,20,22H,12-13,31H2,1-3H3,(H,32,36)(H,37,38)/t20-,22?/m1/s1. The SMILES string of the molecule is CN(C(=O)CN)C(C(=O)O)C(C)(C)[C@H]1CN(c2ccc3cc(-c4ccccc4C(F)(F)F)[nH]c(=O)c3c2)C(=O)O1. The van der Waals surface area contributed by atoms with Gasteiger partial charge in [-0.1, -0.05) is 38.1 Å². The van der Waals surface area contributed by atoms with E-state index in [-0.39, 0.29) is 28.9 Å². The zero-order chi connectivity index (χ0) is 29.6. The maximum absolute atomic E-state index is 13.5. The molecule has 2 amide bonds. The van der Waals surface area contributed by atoms with Crippen molar-refractivity contribution in [1.82, 2.24) is 9.88 Å². The number of hydrogen-bond donors (Lipinski definition) is 3. The van der Waals surface area contributed by atoms with Gasteiger partial charge in [0.15, 0.2) is 0 Å². The third kappa shape index (κ3) is 5.11. The Balaban J connectivity index is 1.67. The van der Waals surface area contributed by atoms with Crippen LogP contribution < -0.4 is 16.2 Å². The number of nitrogens with zero attached hydrogens (tertiary/aromatic N) is 2. The van der Waals surface area contributed by atoms with Crippen LogP contribution in [0.3, 0.4) is 0 Å². The van der Waals surface area contributed by atoms with Gasteiger partial charge in [0.2, 0.25) is 5.91 Å². The Kier molecular flexibility index (Phi) is 7.37. The maximum atomic E-state index is 13.5. The number of aromatic amines is 1. The molecule has 2 aromatic carbocycles. The van der Waals surface area contributed by atoms with Gasteiger partial charge in [-0.15, -0.1) is 0 Å². The smallest absolute Gasteiger partial charge is 0.417 e. The molecule has 40 heavy (non-hydrogen) atoms. The number of halogens is 3. The lowest BCUT2D eigenvalue weighted by Gasteiger charge is -2.39. The molecule has 1 aromatic heterocycles. The van der Waals surface area contributed by atoms with Crippen molar-refractivity contribution >= 4 is 34.4 Å². The molecule has 2 atom stereocenters. The molecule has 4 rings (SSSR count). The first-order valence-corrected chi connectivity index (χ1v) is 12.2. The van der Waals surface area contributed by atoms with Crippen molar-refractivity contribution < 1.29 is 37.4 Å². The number of likely N-dealkylation sites (N-methyl/N-ethyl adjacent to an activating group) is 1. The van der Waals surface area contributed by atoms with E-state index in [0.717, 1.165) is 11.0 Å². The number of cyclic esters (lactones) is 1. The molecule has 0 radical (unpaired) electrons. The number of nitrogens with two attached hydrogens (primary N) is 1. The quantitative estimate of drug-likeness (QED) is 0.401. The second-order valence-electron chi connectivity index (χ2n) is 10.1. The highest BCUT2D eigenvalue weighted by atomic mass is 19.4. The average Bonchev–Trinajstić information content (AvgIpc) is 3.29. The van der Waals surface area contributed by atoms with Crippen LogP contribution in [0.5, 0.6) is 0 Å². The number of aliphatic carboxylic acids is 1. The van der Waals surface area contributed by atoms with Gasteiger partial charge in [0.25, 0.3) is 5.56 Å². The molecule has 212 valence electrons. The molecule has 2 heterocycles. The Morgan fingerprint density at radius 1 is 1.18 bits per heavy atom. The van der Waals surface area contributed by atoms with Crippen LogP contribution in [0.1, 0.15) is 19.4 Å². The largest absolute Gasteiger partial charge is 0.480 e.